The van der Waals surface area contributed by atoms with E-state index >= 15 is 0 Å². The van der Waals surface area contributed by atoms with Crippen molar-refractivity contribution >= 4 is 23.2 Å². The molecule has 1 heterocycles. The first-order chi connectivity index (χ1) is 19.2. The lowest BCUT2D eigenvalue weighted by Crippen LogP contribution is -2.49. The first-order valence-electron chi connectivity index (χ1n) is 14.2. The van der Waals surface area contributed by atoms with Crippen molar-refractivity contribution in [2.75, 3.05) is 17.2 Å². The Morgan fingerprint density at radius 3 is 2.17 bits per heavy atom. The predicted octanol–water partition coefficient (Wildman–Crippen LogP) is 7.41. The number of nitrogens with one attached hydrogen (secondary N) is 2. The smallest absolute Gasteiger partial charge is 0.260 e. The fraction of sp³-hybridized carbons (Fsp3) is 0.394. The van der Waals surface area contributed by atoms with E-state index in [0.717, 1.165) is 47.4 Å². The highest BCUT2D eigenvalue weighted by Gasteiger charge is 2.43. The fourth-order valence-corrected chi connectivity index (χ4v) is 6.16. The number of aryl methyl sites for hydroxylation is 2. The molecule has 0 spiro atoms. The summed E-state index contributed by atoms with van der Waals surface area (Å²) in [6.45, 7) is 6.24. The van der Waals surface area contributed by atoms with E-state index in [1.807, 2.05) is 63.2 Å². The minimum absolute atomic E-state index is 0.0474. The Bertz CT molecular complexity index is 1360. The number of rotatable bonds is 6. The summed E-state index contributed by atoms with van der Waals surface area (Å²) in [6, 6.07) is 16.7. The summed E-state index contributed by atoms with van der Waals surface area (Å²) in [4.78, 5) is 29.1. The Kier molecular flexibility index (Phi) is 8.19. The Labute approximate surface area is 235 Å². The maximum Gasteiger partial charge on any atom is 0.260 e. The lowest BCUT2D eigenvalue weighted by molar-refractivity contribution is -0.124. The van der Waals surface area contributed by atoms with Gasteiger partial charge in [-0.15, -0.1) is 0 Å². The minimum atomic E-state index is -0.908. The van der Waals surface area contributed by atoms with Crippen LogP contribution in [0, 0.1) is 37.3 Å². The largest absolute Gasteiger partial charge is 0.382 e. The van der Waals surface area contributed by atoms with Crippen LogP contribution in [-0.2, 0) is 4.79 Å². The summed E-state index contributed by atoms with van der Waals surface area (Å²) in [7, 11) is 0. The van der Waals surface area contributed by atoms with Crippen molar-refractivity contribution in [2.45, 2.75) is 65.0 Å². The van der Waals surface area contributed by atoms with Crippen LogP contribution in [0.15, 0.2) is 60.7 Å². The van der Waals surface area contributed by atoms with Crippen LogP contribution in [-0.4, -0.2) is 29.3 Å². The number of nitrogens with zero attached hydrogens (tertiary/aromatic N) is 1. The Hall–Kier alpha value is -3.74. The van der Waals surface area contributed by atoms with Crippen molar-refractivity contribution in [1.29, 1.82) is 0 Å². The normalized spacial score (nSPS) is 21.3. The van der Waals surface area contributed by atoms with E-state index in [1.165, 1.54) is 23.8 Å². The van der Waals surface area contributed by atoms with Gasteiger partial charge in [-0.2, -0.15) is 0 Å². The third-order valence-corrected chi connectivity index (χ3v) is 8.41. The van der Waals surface area contributed by atoms with Crippen LogP contribution in [0.1, 0.15) is 72.1 Å². The summed E-state index contributed by atoms with van der Waals surface area (Å²) < 4.78 is 29.5. The summed E-state index contributed by atoms with van der Waals surface area (Å²) in [5, 5.41) is 6.61. The van der Waals surface area contributed by atoms with Gasteiger partial charge in [0, 0.05) is 24.0 Å². The molecule has 3 aromatic rings. The molecule has 5 rings (SSSR count). The van der Waals surface area contributed by atoms with Crippen LogP contribution in [0.2, 0.25) is 0 Å². The molecule has 1 unspecified atom stereocenters. The standard InChI is InChI=1S/C33H37F2N3O2/c1-20-17-27(32(39)37-26-14-11-21(2)22(3)18-26)31(23-12-15-25(16-13-23)36-24-7-4-5-8-24)38(19-20)33(40)30-28(34)9-6-10-29(30)35/h6,9-16,18,20,24,27,31,36H,4-5,7-8,17,19H2,1-3H3,(H,37,39)/t20-,27+,31?/m1/s1. The number of carbonyl (C=O) groups excluding carboxylic acids is 2. The number of hydrogen-bond donors (Lipinski definition) is 2. The highest BCUT2D eigenvalue weighted by Crippen LogP contribution is 2.41. The summed E-state index contributed by atoms with van der Waals surface area (Å²) in [6.07, 6.45) is 5.25. The zero-order valence-electron chi connectivity index (χ0n) is 23.3. The maximum absolute atomic E-state index is 14.8. The number of carbonyl (C=O) groups is 2. The SMILES string of the molecule is Cc1ccc(NC(=O)[C@H]2C[C@@H](C)CN(C(=O)c3c(F)cccc3F)C2c2ccc(NC3CCCC3)cc2)cc1C. The average molecular weight is 546 g/mol. The van der Waals surface area contributed by atoms with Gasteiger partial charge in [-0.1, -0.05) is 44.0 Å². The molecule has 1 saturated heterocycles. The van der Waals surface area contributed by atoms with Crippen LogP contribution in [0.5, 0.6) is 0 Å². The first kappa shape index (κ1) is 27.8. The van der Waals surface area contributed by atoms with Crippen LogP contribution in [0.4, 0.5) is 20.2 Å². The molecule has 0 bridgehead atoms. The quantitative estimate of drug-likeness (QED) is 0.339. The van der Waals surface area contributed by atoms with Crippen LogP contribution in [0.3, 0.4) is 0 Å². The molecular weight excluding hydrogens is 508 g/mol. The topological polar surface area (TPSA) is 61.4 Å². The van der Waals surface area contributed by atoms with Crippen molar-refractivity contribution in [1.82, 2.24) is 4.90 Å². The molecule has 0 radical (unpaired) electrons. The van der Waals surface area contributed by atoms with Crippen molar-refractivity contribution in [2.24, 2.45) is 11.8 Å². The molecule has 1 aliphatic heterocycles. The number of likely N-dealkylation sites (tertiary alicyclic amines) is 1. The number of piperidine rings is 1. The Morgan fingerprint density at radius 1 is 0.875 bits per heavy atom. The molecule has 1 saturated carbocycles. The zero-order valence-corrected chi connectivity index (χ0v) is 23.3. The van der Waals surface area contributed by atoms with Gasteiger partial charge in [-0.25, -0.2) is 8.78 Å². The monoisotopic (exact) mass is 545 g/mol. The molecule has 7 heteroatoms. The second-order valence-corrected chi connectivity index (χ2v) is 11.5. The highest BCUT2D eigenvalue weighted by molar-refractivity contribution is 5.97. The lowest BCUT2D eigenvalue weighted by Gasteiger charge is -2.43. The van der Waals surface area contributed by atoms with Gasteiger partial charge in [0.15, 0.2) is 0 Å². The van der Waals surface area contributed by atoms with E-state index in [1.54, 1.807) is 0 Å². The second kappa shape index (κ2) is 11.8. The number of halogens is 2. The molecule has 1 aliphatic carbocycles. The van der Waals surface area contributed by atoms with E-state index in [9.17, 15) is 18.4 Å². The number of hydrogen-bond acceptors (Lipinski definition) is 3. The molecule has 2 amide bonds. The van der Waals surface area contributed by atoms with Gasteiger partial charge < -0.3 is 15.5 Å². The molecule has 2 N–H and O–H groups in total. The van der Waals surface area contributed by atoms with Gasteiger partial charge in [0.1, 0.15) is 17.2 Å². The summed E-state index contributed by atoms with van der Waals surface area (Å²) in [5.41, 5.74) is 4.01. The Balaban J connectivity index is 1.50. The van der Waals surface area contributed by atoms with Gasteiger partial charge in [0.2, 0.25) is 5.91 Å². The number of anilines is 2. The van der Waals surface area contributed by atoms with Gasteiger partial charge in [-0.3, -0.25) is 9.59 Å². The maximum atomic E-state index is 14.8. The molecular formula is C33H37F2N3O2. The number of amides is 2. The summed E-state index contributed by atoms with van der Waals surface area (Å²) >= 11 is 0. The third-order valence-electron chi connectivity index (χ3n) is 8.41. The molecule has 2 fully saturated rings. The highest BCUT2D eigenvalue weighted by atomic mass is 19.1. The van der Waals surface area contributed by atoms with Crippen molar-refractivity contribution in [3.05, 3.63) is 94.6 Å². The van der Waals surface area contributed by atoms with E-state index in [-0.39, 0.29) is 18.4 Å². The van der Waals surface area contributed by atoms with E-state index in [4.69, 9.17) is 0 Å². The van der Waals surface area contributed by atoms with E-state index < -0.39 is 35.1 Å². The van der Waals surface area contributed by atoms with Gasteiger partial charge >= 0.3 is 0 Å². The average Bonchev–Trinajstić information content (AvgIpc) is 3.44. The van der Waals surface area contributed by atoms with Crippen molar-refractivity contribution in [3.8, 4) is 0 Å². The molecule has 3 aromatic carbocycles. The van der Waals surface area contributed by atoms with E-state index in [2.05, 4.69) is 10.6 Å². The van der Waals surface area contributed by atoms with Crippen LogP contribution in [0.25, 0.3) is 0 Å². The third kappa shape index (κ3) is 5.88. The molecule has 210 valence electrons. The van der Waals surface area contributed by atoms with Gasteiger partial charge in [-0.05, 0) is 92.1 Å². The minimum Gasteiger partial charge on any atom is -0.382 e. The molecule has 40 heavy (non-hydrogen) atoms. The second-order valence-electron chi connectivity index (χ2n) is 11.5. The molecule has 0 aromatic heterocycles. The van der Waals surface area contributed by atoms with Gasteiger partial charge in [0.05, 0.1) is 12.0 Å². The van der Waals surface area contributed by atoms with Crippen LogP contribution >= 0.6 is 0 Å². The zero-order chi connectivity index (χ0) is 28.4. The fourth-order valence-electron chi connectivity index (χ4n) is 6.16. The van der Waals surface area contributed by atoms with Crippen LogP contribution < -0.4 is 10.6 Å². The molecule has 2 aliphatic rings. The molecule has 3 atom stereocenters. The van der Waals surface area contributed by atoms with E-state index in [0.29, 0.717) is 18.2 Å². The van der Waals surface area contributed by atoms with Crippen molar-refractivity contribution in [3.63, 3.8) is 0 Å². The summed E-state index contributed by atoms with van der Waals surface area (Å²) in [5.74, 6) is -3.45. The predicted molar refractivity (Wildman–Crippen MR) is 154 cm³/mol. The number of benzene rings is 3. The lowest BCUT2D eigenvalue weighted by atomic mass is 9.79. The van der Waals surface area contributed by atoms with Gasteiger partial charge in [0.25, 0.3) is 5.91 Å². The molecule has 5 nitrogen and oxygen atoms in total. The van der Waals surface area contributed by atoms with Crippen molar-refractivity contribution < 1.29 is 18.4 Å². The Morgan fingerprint density at radius 2 is 1.52 bits per heavy atom. The first-order valence-corrected chi connectivity index (χ1v) is 14.2.